The van der Waals surface area contributed by atoms with Gasteiger partial charge in [-0.15, -0.1) is 18.1 Å². The highest BCUT2D eigenvalue weighted by Crippen LogP contribution is 2.50. The van der Waals surface area contributed by atoms with Crippen molar-refractivity contribution in [2.24, 2.45) is 0 Å². The molecule has 0 unspecified atom stereocenters. The zero-order chi connectivity index (χ0) is 33.0. The molecule has 3 fully saturated rings. The fourth-order valence-electron chi connectivity index (χ4n) is 10.3. The van der Waals surface area contributed by atoms with Gasteiger partial charge in [-0.2, -0.15) is 4.98 Å². The van der Waals surface area contributed by atoms with E-state index < -0.39 is 0 Å². The quantitative estimate of drug-likeness (QED) is 0.225. The molecule has 0 spiro atoms. The molecule has 248 valence electrons. The van der Waals surface area contributed by atoms with Crippen LogP contribution in [0.4, 0.5) is 11.9 Å². The summed E-state index contributed by atoms with van der Waals surface area (Å²) < 4.78 is 0.795. The summed E-state index contributed by atoms with van der Waals surface area (Å²) in [7, 11) is 0. The molecule has 3 aliphatic heterocycles. The second-order valence-corrected chi connectivity index (χ2v) is 18.3. The van der Waals surface area contributed by atoms with Crippen LogP contribution in [0.3, 0.4) is 0 Å². The zero-order valence-electron chi connectivity index (χ0n) is 30.3. The van der Waals surface area contributed by atoms with E-state index in [0.29, 0.717) is 37.2 Å². The zero-order valence-corrected chi connectivity index (χ0v) is 30.3. The first-order valence-electron chi connectivity index (χ1n) is 17.0. The van der Waals surface area contributed by atoms with E-state index in [4.69, 9.17) is 15.0 Å². The molecule has 0 amide bonds. The molecule has 4 heterocycles. The molecule has 44 heavy (non-hydrogen) atoms. The summed E-state index contributed by atoms with van der Waals surface area (Å²) in [6.07, 6.45) is 11.9. The molecule has 3 saturated heterocycles. The lowest BCUT2D eigenvalue weighted by Crippen LogP contribution is -2.80. The molecule has 0 bridgehead atoms. The predicted molar refractivity (Wildman–Crippen MR) is 187 cm³/mol. The number of piperidine rings is 3. The fraction of sp³-hybridized carbons (Fsp3) is 0.806. The molecule has 4 rings (SSSR count). The number of rotatable bonds is 9. The second-order valence-electron chi connectivity index (χ2n) is 18.3. The van der Waals surface area contributed by atoms with Crippen molar-refractivity contribution in [3.05, 3.63) is 31.6 Å². The Kier molecular flexibility index (Phi) is 9.33. The number of aromatic nitrogens is 3. The van der Waals surface area contributed by atoms with Crippen molar-refractivity contribution in [3.8, 4) is 0 Å². The molecule has 0 atom stereocenters. The second kappa shape index (κ2) is 11.7. The largest absolute Gasteiger partial charge is 0.334 e. The molecule has 8 heteroatoms. The minimum absolute atomic E-state index is 0.0284. The Balaban J connectivity index is 2.08. The summed E-state index contributed by atoms with van der Waals surface area (Å²) in [5, 5.41) is 12.0. The van der Waals surface area contributed by atoms with E-state index in [1.54, 1.807) is 6.33 Å². The summed E-state index contributed by atoms with van der Waals surface area (Å²) in [4.78, 5) is 17.7. The van der Waals surface area contributed by atoms with Crippen LogP contribution in [0.1, 0.15) is 122 Å². The minimum atomic E-state index is -0.0284. The molecule has 0 radical (unpaired) electrons. The molecule has 1 aromatic rings. The van der Waals surface area contributed by atoms with Gasteiger partial charge in [0, 0.05) is 84.8 Å². The van der Waals surface area contributed by atoms with E-state index in [2.05, 4.69) is 117 Å². The smallest absolute Gasteiger partial charge is 0.333 e. The van der Waals surface area contributed by atoms with Gasteiger partial charge in [-0.25, -0.2) is 9.47 Å². The van der Waals surface area contributed by atoms with Crippen LogP contribution in [0.15, 0.2) is 31.6 Å². The Labute approximate surface area is 269 Å². The van der Waals surface area contributed by atoms with Crippen molar-refractivity contribution in [1.82, 2.24) is 35.4 Å². The topological polar surface area (TPSA) is 78.0 Å². The average molecular weight is 610 g/mol. The number of anilines is 1. The Hall–Kier alpha value is -1.87. The van der Waals surface area contributed by atoms with E-state index in [0.717, 1.165) is 49.0 Å². The lowest BCUT2D eigenvalue weighted by Gasteiger charge is -2.63. The number of quaternary nitrogens is 1. The molecule has 1 aromatic heterocycles. The van der Waals surface area contributed by atoms with Gasteiger partial charge in [0.1, 0.15) is 24.5 Å². The third-order valence-electron chi connectivity index (χ3n) is 10.2. The van der Waals surface area contributed by atoms with E-state index in [-0.39, 0.29) is 33.2 Å². The van der Waals surface area contributed by atoms with Gasteiger partial charge in [-0.3, -0.25) is 0 Å². The lowest BCUT2D eigenvalue weighted by atomic mass is 9.70. The van der Waals surface area contributed by atoms with E-state index >= 15 is 0 Å². The molecule has 0 saturated carbocycles. The van der Waals surface area contributed by atoms with Crippen molar-refractivity contribution in [1.29, 1.82) is 0 Å². The van der Waals surface area contributed by atoms with Crippen LogP contribution in [0, 0.1) is 0 Å². The van der Waals surface area contributed by atoms with Crippen LogP contribution in [0.25, 0.3) is 0 Å². The van der Waals surface area contributed by atoms with Crippen LogP contribution in [0.5, 0.6) is 0 Å². The van der Waals surface area contributed by atoms with Crippen molar-refractivity contribution in [2.45, 2.75) is 173 Å². The maximum absolute atomic E-state index is 5.51. The van der Waals surface area contributed by atoms with Crippen LogP contribution in [-0.4, -0.2) is 79.4 Å². The summed E-state index contributed by atoms with van der Waals surface area (Å²) in [6.45, 7) is 38.0. The highest BCUT2D eigenvalue weighted by atomic mass is 15.5. The van der Waals surface area contributed by atoms with Crippen molar-refractivity contribution in [2.75, 3.05) is 18.0 Å². The summed E-state index contributed by atoms with van der Waals surface area (Å²) in [5.41, 5.74) is -0.170. The Morgan fingerprint density at radius 2 is 0.955 bits per heavy atom. The molecule has 0 aliphatic carbocycles. The molecule has 3 aliphatic rings. The van der Waals surface area contributed by atoms with Gasteiger partial charge in [0.15, 0.2) is 0 Å². The van der Waals surface area contributed by atoms with Gasteiger partial charge in [0.05, 0.1) is 0 Å². The Bertz CT molecular complexity index is 1050. The van der Waals surface area contributed by atoms with Crippen LogP contribution in [-0.2, 0) is 0 Å². The van der Waals surface area contributed by atoms with Gasteiger partial charge in [0.25, 0.3) is 0 Å². The van der Waals surface area contributed by atoms with Crippen LogP contribution < -0.4 is 25.3 Å². The maximum atomic E-state index is 5.51. The third kappa shape index (κ3) is 7.56. The number of hydrogen-bond donors (Lipinski definition) is 3. The monoisotopic (exact) mass is 610 g/mol. The van der Waals surface area contributed by atoms with E-state index in [1.807, 2.05) is 12.2 Å². The Morgan fingerprint density at radius 3 is 1.25 bits per heavy atom. The van der Waals surface area contributed by atoms with E-state index in [9.17, 15) is 0 Å². The normalized spacial score (nSPS) is 26.5. The van der Waals surface area contributed by atoms with Gasteiger partial charge in [0.2, 0.25) is 5.95 Å². The number of nitrogens with one attached hydrogen (secondary N) is 3. The lowest BCUT2D eigenvalue weighted by molar-refractivity contribution is -0.0531. The molecule has 8 nitrogen and oxygen atoms in total. The standard InChI is InChI=1S/C36H65N8/c1-15-17-43(18-16-2)29-37-25-38-30(39-29)44(26-19-31(3,4)40-32(5,6)20-26,27-21-33(7,8)41-34(9,10)22-27)28-23-35(11,12)42-36(13,14)24-28/h15-16,25-28,40-42H,1-2,17-24H2,3-14H3/q+1. The summed E-state index contributed by atoms with van der Waals surface area (Å²) in [5.74, 6) is 1.65. The molecular formula is C36H65N8+. The number of hydrogen-bond acceptors (Lipinski definition) is 7. The molecule has 0 aromatic carbocycles. The maximum Gasteiger partial charge on any atom is 0.334 e. The highest BCUT2D eigenvalue weighted by Gasteiger charge is 2.62. The van der Waals surface area contributed by atoms with Gasteiger partial charge in [-0.05, 0) is 83.1 Å². The van der Waals surface area contributed by atoms with Crippen molar-refractivity contribution >= 4 is 11.9 Å². The highest BCUT2D eigenvalue weighted by molar-refractivity contribution is 5.41. The molecular weight excluding hydrogens is 544 g/mol. The van der Waals surface area contributed by atoms with Crippen LogP contribution >= 0.6 is 0 Å². The summed E-state index contributed by atoms with van der Waals surface area (Å²) in [6, 6.07) is 0.981. The van der Waals surface area contributed by atoms with Crippen molar-refractivity contribution in [3.63, 3.8) is 0 Å². The molecule has 3 N–H and O–H groups in total. The Morgan fingerprint density at radius 1 is 0.636 bits per heavy atom. The first-order valence-corrected chi connectivity index (χ1v) is 17.0. The van der Waals surface area contributed by atoms with Gasteiger partial charge < -0.3 is 20.9 Å². The van der Waals surface area contributed by atoms with Gasteiger partial charge in [-0.1, -0.05) is 12.2 Å². The van der Waals surface area contributed by atoms with Crippen molar-refractivity contribution < 1.29 is 0 Å². The fourth-order valence-corrected chi connectivity index (χ4v) is 10.3. The van der Waals surface area contributed by atoms with Crippen LogP contribution in [0.2, 0.25) is 0 Å². The average Bonchev–Trinajstić information content (AvgIpc) is 2.79. The minimum Gasteiger partial charge on any atom is -0.333 e. The first kappa shape index (κ1) is 35.0. The van der Waals surface area contributed by atoms with Gasteiger partial charge >= 0.3 is 5.95 Å². The predicted octanol–water partition coefficient (Wildman–Crippen LogP) is 6.28. The number of nitrogens with zero attached hydrogens (tertiary/aromatic N) is 5. The summed E-state index contributed by atoms with van der Waals surface area (Å²) >= 11 is 0. The third-order valence-corrected chi connectivity index (χ3v) is 10.2. The SMILES string of the molecule is C=CCN(CC=C)c1ncnc([N+](C2CC(C)(C)NC(C)(C)C2)(C2CC(C)(C)NC(C)(C)C2)C2CC(C)(C)NC(C)(C)C2)n1. The van der Waals surface area contributed by atoms with E-state index in [1.165, 1.54) is 0 Å². The first-order chi connectivity index (χ1) is 20.0.